The predicted molar refractivity (Wildman–Crippen MR) is 313 cm³/mol. The first-order valence-electron chi connectivity index (χ1n) is 28.6. The molecule has 1 unspecified atom stereocenters. The lowest BCUT2D eigenvalue weighted by Gasteiger charge is -2.25. The average Bonchev–Trinajstić information content (AvgIpc) is 4.09. The van der Waals surface area contributed by atoms with E-state index in [1.807, 2.05) is 60.4 Å². The van der Waals surface area contributed by atoms with Crippen molar-refractivity contribution in [2.45, 2.75) is 154 Å². The molecule has 0 bridgehead atoms. The van der Waals surface area contributed by atoms with Gasteiger partial charge in [0.15, 0.2) is 17.3 Å². The van der Waals surface area contributed by atoms with Crippen LogP contribution in [0.4, 0.5) is 17.1 Å². The number of hydrogen-bond acceptors (Lipinski definition) is 12. The number of Topliss-reactive ketones (excluding diaryl/α,β-unsaturated/α-hetero) is 2. The summed E-state index contributed by atoms with van der Waals surface area (Å²) in [5, 5.41) is 5.46. The van der Waals surface area contributed by atoms with Crippen molar-refractivity contribution < 1.29 is 47.8 Å². The number of methoxy groups -OCH3 is 1. The van der Waals surface area contributed by atoms with Gasteiger partial charge in [-0.3, -0.25) is 38.5 Å². The van der Waals surface area contributed by atoms with Gasteiger partial charge in [0.25, 0.3) is 5.91 Å². The van der Waals surface area contributed by atoms with E-state index in [0.717, 1.165) is 73.0 Å². The largest absolute Gasteiger partial charge is 0.493 e. The molecular weight excluding hydrogens is 1040 g/mol. The topological polar surface area (TPSA) is 181 Å². The number of imide groups is 1. The summed E-state index contributed by atoms with van der Waals surface area (Å²) in [6.07, 6.45) is 9.27. The SMILES string of the molecule is COc1cc2c(cc1OCc1cc(COc3cc4c(cc3C)C(=O)N3c5ccccc5C[C@H]3CC4)cc(NC(=O)[C@H](C)CC(=O)[C@H](C)NC(=O)CCCCC(=O)CCCN3C(=O)CC(SC)C3=O)c1)CC[C@@H]1Cc3ccccc3N1C2. The van der Waals surface area contributed by atoms with Crippen LogP contribution in [-0.4, -0.2) is 89.3 Å². The lowest BCUT2D eigenvalue weighted by molar-refractivity contribution is -0.138. The van der Waals surface area contributed by atoms with Crippen molar-refractivity contribution in [2.75, 3.05) is 35.0 Å². The number of carbonyl (C=O) groups is 7. The van der Waals surface area contributed by atoms with Gasteiger partial charge in [-0.05, 0) is 177 Å². The Bertz CT molecular complexity index is 3270. The van der Waals surface area contributed by atoms with Gasteiger partial charge in [-0.25, -0.2) is 0 Å². The maximum atomic E-state index is 14.1. The Morgan fingerprint density at radius 2 is 1.35 bits per heavy atom. The first-order chi connectivity index (χ1) is 39.1. The number of ether oxygens (including phenoxy) is 3. The van der Waals surface area contributed by atoms with Crippen LogP contribution in [-0.2, 0) is 74.2 Å². The molecule has 10 rings (SSSR count). The summed E-state index contributed by atoms with van der Waals surface area (Å²) >= 11 is 1.36. The van der Waals surface area contributed by atoms with Gasteiger partial charge in [0.05, 0.1) is 18.4 Å². The molecule has 81 heavy (non-hydrogen) atoms. The molecule has 424 valence electrons. The summed E-state index contributed by atoms with van der Waals surface area (Å²) in [6.45, 7) is 6.56. The molecule has 5 amide bonds. The van der Waals surface area contributed by atoms with Crippen molar-refractivity contribution in [1.29, 1.82) is 0 Å². The van der Waals surface area contributed by atoms with E-state index in [1.54, 1.807) is 27.2 Å². The van der Waals surface area contributed by atoms with Crippen LogP contribution < -0.4 is 34.6 Å². The molecule has 2 N–H and O–H groups in total. The van der Waals surface area contributed by atoms with Crippen molar-refractivity contribution in [3.05, 3.63) is 141 Å². The zero-order valence-electron chi connectivity index (χ0n) is 47.1. The Hall–Kier alpha value is -7.46. The zero-order valence-corrected chi connectivity index (χ0v) is 47.9. The molecule has 5 aromatic rings. The number of benzene rings is 5. The van der Waals surface area contributed by atoms with Crippen LogP contribution in [0.3, 0.4) is 0 Å². The van der Waals surface area contributed by atoms with Gasteiger partial charge in [0.2, 0.25) is 23.6 Å². The maximum Gasteiger partial charge on any atom is 0.258 e. The molecule has 15 nitrogen and oxygen atoms in total. The van der Waals surface area contributed by atoms with Gasteiger partial charge >= 0.3 is 0 Å². The first-order valence-corrected chi connectivity index (χ1v) is 29.9. The Morgan fingerprint density at radius 1 is 0.704 bits per heavy atom. The van der Waals surface area contributed by atoms with E-state index in [2.05, 4.69) is 58.0 Å². The quantitative estimate of drug-likeness (QED) is 0.0468. The van der Waals surface area contributed by atoms with E-state index in [4.69, 9.17) is 14.2 Å². The minimum atomic E-state index is -0.831. The van der Waals surface area contributed by atoms with Gasteiger partial charge in [0, 0.05) is 85.8 Å². The number of nitrogens with one attached hydrogen (secondary N) is 2. The Labute approximate surface area is 478 Å². The van der Waals surface area contributed by atoms with Gasteiger partial charge in [-0.15, -0.1) is 0 Å². The zero-order chi connectivity index (χ0) is 56.9. The molecule has 5 atom stereocenters. The number of thioether (sulfide) groups is 1. The van der Waals surface area contributed by atoms with Crippen molar-refractivity contribution in [3.63, 3.8) is 0 Å². The molecule has 5 aromatic carbocycles. The van der Waals surface area contributed by atoms with Gasteiger partial charge in [-0.2, -0.15) is 11.8 Å². The molecule has 16 heteroatoms. The minimum Gasteiger partial charge on any atom is -0.493 e. The number of rotatable bonds is 23. The van der Waals surface area contributed by atoms with E-state index in [1.165, 1.54) is 44.6 Å². The number of anilines is 3. The third kappa shape index (κ3) is 12.9. The molecule has 5 aliphatic heterocycles. The number of aryl methyl sites for hydroxylation is 3. The highest BCUT2D eigenvalue weighted by Crippen LogP contribution is 2.42. The van der Waals surface area contributed by atoms with Crippen molar-refractivity contribution in [2.24, 2.45) is 5.92 Å². The summed E-state index contributed by atoms with van der Waals surface area (Å²) in [4.78, 5) is 97.2. The number of nitrogens with zero attached hydrogens (tertiary/aromatic N) is 3. The Balaban J connectivity index is 0.773. The second-order valence-electron chi connectivity index (χ2n) is 22.5. The minimum absolute atomic E-state index is 0.00738. The molecule has 1 fully saturated rings. The number of hydrogen-bond donors (Lipinski definition) is 2. The molecule has 0 spiro atoms. The van der Waals surface area contributed by atoms with Crippen molar-refractivity contribution >= 4 is 69.9 Å². The number of para-hydroxylation sites is 2. The Morgan fingerprint density at radius 3 is 2.09 bits per heavy atom. The van der Waals surface area contributed by atoms with E-state index in [-0.39, 0.29) is 104 Å². The number of fused-ring (bicyclic) bond motifs is 8. The summed E-state index contributed by atoms with van der Waals surface area (Å²) in [5.41, 5.74) is 11.8. The lowest BCUT2D eigenvalue weighted by atomic mass is 9.98. The average molecular weight is 1120 g/mol. The number of likely N-dealkylation sites (tertiary alicyclic amines) is 1. The third-order valence-corrected chi connectivity index (χ3v) is 17.7. The summed E-state index contributed by atoms with van der Waals surface area (Å²) in [6, 6.07) is 30.4. The van der Waals surface area contributed by atoms with Gasteiger partial charge in [0.1, 0.15) is 24.7 Å². The van der Waals surface area contributed by atoms with Gasteiger partial charge < -0.3 is 34.6 Å². The van der Waals surface area contributed by atoms with Crippen LogP contribution >= 0.6 is 11.8 Å². The third-order valence-electron chi connectivity index (χ3n) is 16.8. The molecular formula is C65H73N5O10S. The van der Waals surface area contributed by atoms with Crippen LogP contribution in [0.1, 0.15) is 133 Å². The van der Waals surface area contributed by atoms with Crippen LogP contribution in [0, 0.1) is 12.8 Å². The normalized spacial score (nSPS) is 18.6. The fraction of sp³-hybridized carbons (Fsp3) is 0.431. The molecule has 5 heterocycles. The second-order valence-corrected chi connectivity index (χ2v) is 23.6. The predicted octanol–water partition coefficient (Wildman–Crippen LogP) is 10.00. The fourth-order valence-corrected chi connectivity index (χ4v) is 12.9. The molecule has 1 saturated heterocycles. The van der Waals surface area contributed by atoms with E-state index >= 15 is 0 Å². The van der Waals surface area contributed by atoms with Gasteiger partial charge in [-0.1, -0.05) is 43.3 Å². The van der Waals surface area contributed by atoms with Crippen molar-refractivity contribution in [3.8, 4) is 17.2 Å². The van der Waals surface area contributed by atoms with E-state index < -0.39 is 12.0 Å². The van der Waals surface area contributed by atoms with Crippen molar-refractivity contribution in [1.82, 2.24) is 10.2 Å². The molecule has 0 aromatic heterocycles. The van der Waals surface area contributed by atoms with Crippen LogP contribution in [0.25, 0.3) is 0 Å². The van der Waals surface area contributed by atoms with E-state index in [9.17, 15) is 33.6 Å². The number of unbranched alkanes of at least 4 members (excludes halogenated alkanes) is 1. The Kier molecular flexibility index (Phi) is 17.6. The highest BCUT2D eigenvalue weighted by Gasteiger charge is 2.39. The summed E-state index contributed by atoms with van der Waals surface area (Å²) in [7, 11) is 1.65. The molecule has 0 radical (unpaired) electrons. The number of carbonyl (C=O) groups excluding carboxylic acids is 7. The highest BCUT2D eigenvalue weighted by atomic mass is 32.2. The smallest absolute Gasteiger partial charge is 0.258 e. The summed E-state index contributed by atoms with van der Waals surface area (Å²) < 4.78 is 19.1. The molecule has 0 aliphatic carbocycles. The molecule has 0 saturated carbocycles. The second kappa shape index (κ2) is 25.1. The van der Waals surface area contributed by atoms with Crippen LogP contribution in [0.15, 0.2) is 91.0 Å². The van der Waals surface area contributed by atoms with E-state index in [0.29, 0.717) is 53.8 Å². The molecule has 5 aliphatic rings. The van der Waals surface area contributed by atoms with Crippen LogP contribution in [0.2, 0.25) is 0 Å². The number of ketones is 2. The number of amides is 5. The monoisotopic (exact) mass is 1120 g/mol. The fourth-order valence-electron chi connectivity index (χ4n) is 12.3. The lowest BCUT2D eigenvalue weighted by Crippen LogP contribution is -2.39. The maximum absolute atomic E-state index is 14.1. The first kappa shape index (κ1) is 56.8. The summed E-state index contributed by atoms with van der Waals surface area (Å²) in [5.74, 6) is -0.164. The standard InChI is InChI=1S/C65H73N5O10S/c1-39-25-53-45(21-23-51-31-47-14-7-10-18-55(47)70(51)64(53)76)33-57(39)79-37-42-27-43(38-80-59-32-44-20-22-50-30-46-13-6-9-17-54(46)69(50)36-48(44)34-58(59)78-4)29-49(28-42)67-63(75)40(2)26-56(72)41(3)66-61(73)19-11-8-15-52(71)16-12-24-68-62(74)35-60(81-5)65(68)77/h6-7,9-10,13-14,17-18,25,27-29,32-34,40-41,50-51,60H,8,11-12,15-16,19-24,26,30-31,35-38H2,1-5H3,(H,66,73)(H,67,75)/t40-,41+,50-,51-,60?/m1/s1. The van der Waals surface area contributed by atoms with Crippen LogP contribution in [0.5, 0.6) is 17.2 Å². The highest BCUT2D eigenvalue weighted by molar-refractivity contribution is 8.00.